The van der Waals surface area contributed by atoms with Gasteiger partial charge in [-0.1, -0.05) is 25.7 Å². The van der Waals surface area contributed by atoms with E-state index in [1.807, 2.05) is 6.92 Å². The zero-order valence-electron chi connectivity index (χ0n) is 15.4. The predicted molar refractivity (Wildman–Crippen MR) is 112 cm³/mol. The molecule has 0 aromatic heterocycles. The number of guanidine groups is 1. The van der Waals surface area contributed by atoms with Crippen LogP contribution in [-0.2, 0) is 4.74 Å². The van der Waals surface area contributed by atoms with Crippen LogP contribution in [0.4, 0.5) is 0 Å². The fourth-order valence-electron chi connectivity index (χ4n) is 3.98. The van der Waals surface area contributed by atoms with Crippen molar-refractivity contribution in [2.24, 2.45) is 10.7 Å². The second-order valence-corrected chi connectivity index (χ2v) is 7.01. The van der Waals surface area contributed by atoms with Crippen LogP contribution in [-0.4, -0.2) is 55.8 Å². The third-order valence-corrected chi connectivity index (χ3v) is 5.33. The van der Waals surface area contributed by atoms with Gasteiger partial charge >= 0.3 is 0 Å². The lowest BCUT2D eigenvalue weighted by Crippen LogP contribution is -2.54. The molecule has 0 amide bonds. The number of piperidine rings is 1. The molecular formula is C18H37IN4O. The molecule has 1 saturated carbocycles. The van der Waals surface area contributed by atoms with Gasteiger partial charge in [-0.2, -0.15) is 0 Å². The van der Waals surface area contributed by atoms with Crippen molar-refractivity contribution in [2.75, 3.05) is 39.4 Å². The minimum Gasteiger partial charge on any atom is -0.382 e. The van der Waals surface area contributed by atoms with Crippen LogP contribution in [0.25, 0.3) is 0 Å². The van der Waals surface area contributed by atoms with Gasteiger partial charge < -0.3 is 15.8 Å². The molecule has 2 rings (SSSR count). The smallest absolute Gasteiger partial charge is 0.188 e. The van der Waals surface area contributed by atoms with Crippen LogP contribution in [0.3, 0.4) is 0 Å². The molecule has 1 aliphatic carbocycles. The molecule has 6 heteroatoms. The number of nitrogens with one attached hydrogen (secondary N) is 1. The number of aliphatic imine (C=N–C) groups is 1. The normalized spacial score (nSPS) is 22.0. The molecule has 3 N–H and O–H groups in total. The highest BCUT2D eigenvalue weighted by molar-refractivity contribution is 14.0. The van der Waals surface area contributed by atoms with Crippen LogP contribution in [0.2, 0.25) is 0 Å². The maximum Gasteiger partial charge on any atom is 0.188 e. The topological polar surface area (TPSA) is 62.9 Å². The first-order chi connectivity index (χ1) is 11.3. The summed E-state index contributed by atoms with van der Waals surface area (Å²) < 4.78 is 5.34. The number of hydrogen-bond donors (Lipinski definition) is 2. The zero-order valence-corrected chi connectivity index (χ0v) is 17.7. The third-order valence-electron chi connectivity index (χ3n) is 5.33. The summed E-state index contributed by atoms with van der Waals surface area (Å²) in [6.45, 7) is 7.78. The van der Waals surface area contributed by atoms with Gasteiger partial charge in [0.25, 0.3) is 0 Å². The van der Waals surface area contributed by atoms with E-state index in [4.69, 9.17) is 15.5 Å². The van der Waals surface area contributed by atoms with E-state index in [1.54, 1.807) is 0 Å². The second kappa shape index (κ2) is 12.3. The van der Waals surface area contributed by atoms with Crippen molar-refractivity contribution >= 4 is 29.9 Å². The minimum absolute atomic E-state index is 0. The summed E-state index contributed by atoms with van der Waals surface area (Å²) in [6, 6.07) is 0. The Morgan fingerprint density at radius 3 is 2.46 bits per heavy atom. The Morgan fingerprint density at radius 2 is 1.79 bits per heavy atom. The van der Waals surface area contributed by atoms with Crippen molar-refractivity contribution in [3.05, 3.63) is 0 Å². The van der Waals surface area contributed by atoms with Crippen molar-refractivity contribution in [3.8, 4) is 0 Å². The number of nitrogens with two attached hydrogens (primary N) is 1. The standard InChI is InChI=1S/C18H36N4O.HI/c1-2-23-15-9-12-20-17(19)21-16-18(10-5-3-6-11-18)22-13-7-4-8-14-22;/h2-16H2,1H3,(H3,19,20,21);1H. The van der Waals surface area contributed by atoms with Crippen LogP contribution >= 0.6 is 24.0 Å². The van der Waals surface area contributed by atoms with E-state index in [2.05, 4.69) is 10.2 Å². The molecule has 0 aromatic carbocycles. The van der Waals surface area contributed by atoms with Crippen LogP contribution < -0.4 is 11.1 Å². The average molecular weight is 452 g/mol. The summed E-state index contributed by atoms with van der Waals surface area (Å²) in [5.74, 6) is 0.600. The number of rotatable bonds is 8. The lowest BCUT2D eigenvalue weighted by molar-refractivity contribution is 0.0407. The molecule has 2 aliphatic rings. The van der Waals surface area contributed by atoms with Gasteiger partial charge in [0.2, 0.25) is 0 Å². The van der Waals surface area contributed by atoms with E-state index in [9.17, 15) is 0 Å². The molecule has 1 aliphatic heterocycles. The fraction of sp³-hybridized carbons (Fsp3) is 0.944. The van der Waals surface area contributed by atoms with Crippen molar-refractivity contribution < 1.29 is 4.74 Å². The maximum absolute atomic E-state index is 6.07. The Balaban J connectivity index is 0.00000288. The fourth-order valence-corrected chi connectivity index (χ4v) is 3.98. The molecule has 0 bridgehead atoms. The first-order valence-electron chi connectivity index (χ1n) is 9.63. The van der Waals surface area contributed by atoms with Crippen LogP contribution in [0.5, 0.6) is 0 Å². The number of hydrogen-bond acceptors (Lipinski definition) is 3. The monoisotopic (exact) mass is 452 g/mol. The summed E-state index contributed by atoms with van der Waals surface area (Å²) in [6.07, 6.45) is 11.7. The summed E-state index contributed by atoms with van der Waals surface area (Å²) in [5.41, 5.74) is 6.35. The molecular weight excluding hydrogens is 415 g/mol. The molecule has 24 heavy (non-hydrogen) atoms. The number of nitrogens with zero attached hydrogens (tertiary/aromatic N) is 2. The van der Waals surface area contributed by atoms with Gasteiger partial charge in [-0.15, -0.1) is 24.0 Å². The van der Waals surface area contributed by atoms with E-state index >= 15 is 0 Å². The maximum atomic E-state index is 6.07. The quantitative estimate of drug-likeness (QED) is 0.257. The molecule has 0 aromatic rings. The number of ether oxygens (including phenoxy) is 1. The molecule has 142 valence electrons. The molecule has 0 atom stereocenters. The highest BCUT2D eigenvalue weighted by Crippen LogP contribution is 2.35. The van der Waals surface area contributed by atoms with E-state index in [0.717, 1.165) is 32.7 Å². The summed E-state index contributed by atoms with van der Waals surface area (Å²) in [4.78, 5) is 7.44. The van der Waals surface area contributed by atoms with Gasteiger partial charge in [0.1, 0.15) is 0 Å². The van der Waals surface area contributed by atoms with Crippen LogP contribution in [0, 0.1) is 0 Å². The molecule has 5 nitrogen and oxygen atoms in total. The van der Waals surface area contributed by atoms with Crippen molar-refractivity contribution in [3.63, 3.8) is 0 Å². The Hall–Kier alpha value is -0.0800. The van der Waals surface area contributed by atoms with Gasteiger partial charge in [0.15, 0.2) is 5.96 Å². The van der Waals surface area contributed by atoms with Crippen LogP contribution in [0.15, 0.2) is 4.99 Å². The van der Waals surface area contributed by atoms with Gasteiger partial charge in [0, 0.05) is 25.3 Å². The van der Waals surface area contributed by atoms with Crippen molar-refractivity contribution in [2.45, 2.75) is 70.3 Å². The lowest BCUT2D eigenvalue weighted by Gasteiger charge is -2.47. The first-order valence-corrected chi connectivity index (χ1v) is 9.63. The molecule has 0 unspecified atom stereocenters. The van der Waals surface area contributed by atoms with Gasteiger partial charge in [0.05, 0.1) is 6.54 Å². The molecule has 2 fully saturated rings. The molecule has 0 radical (unpaired) electrons. The van der Waals surface area contributed by atoms with Crippen molar-refractivity contribution in [1.29, 1.82) is 0 Å². The largest absolute Gasteiger partial charge is 0.382 e. The van der Waals surface area contributed by atoms with Crippen molar-refractivity contribution in [1.82, 2.24) is 10.2 Å². The van der Waals surface area contributed by atoms with E-state index in [0.29, 0.717) is 5.96 Å². The summed E-state index contributed by atoms with van der Waals surface area (Å²) in [5, 5.41) is 3.23. The Labute approximate surface area is 165 Å². The second-order valence-electron chi connectivity index (χ2n) is 7.01. The summed E-state index contributed by atoms with van der Waals surface area (Å²) >= 11 is 0. The molecule has 0 spiro atoms. The van der Waals surface area contributed by atoms with Gasteiger partial charge in [-0.05, 0) is 52.1 Å². The summed E-state index contributed by atoms with van der Waals surface area (Å²) in [7, 11) is 0. The third kappa shape index (κ3) is 7.04. The predicted octanol–water partition coefficient (Wildman–Crippen LogP) is 3.12. The Morgan fingerprint density at radius 1 is 1.12 bits per heavy atom. The molecule has 1 heterocycles. The average Bonchev–Trinajstić information content (AvgIpc) is 2.61. The first kappa shape index (κ1) is 22.0. The highest BCUT2D eigenvalue weighted by atomic mass is 127. The van der Waals surface area contributed by atoms with E-state index in [-0.39, 0.29) is 29.5 Å². The number of halogens is 1. The lowest BCUT2D eigenvalue weighted by atomic mass is 9.79. The van der Waals surface area contributed by atoms with E-state index < -0.39 is 0 Å². The Bertz CT molecular complexity index is 353. The van der Waals surface area contributed by atoms with E-state index in [1.165, 1.54) is 64.5 Å². The molecule has 1 saturated heterocycles. The Kier molecular flexibility index (Phi) is 11.3. The SMILES string of the molecule is CCOCCCNC(N)=NCC1(N2CCCCC2)CCCCC1.I. The van der Waals surface area contributed by atoms with Crippen LogP contribution in [0.1, 0.15) is 64.7 Å². The minimum atomic E-state index is 0. The zero-order chi connectivity index (χ0) is 16.4. The highest BCUT2D eigenvalue weighted by Gasteiger charge is 2.38. The number of likely N-dealkylation sites (tertiary alicyclic amines) is 1. The van der Waals surface area contributed by atoms with Gasteiger partial charge in [-0.25, -0.2) is 0 Å². The van der Waals surface area contributed by atoms with Gasteiger partial charge in [-0.3, -0.25) is 9.89 Å².